The van der Waals surface area contributed by atoms with Crippen LogP contribution < -0.4 is 0 Å². The molecule has 0 unspecified atom stereocenters. The normalized spacial score (nSPS) is 14.5. The zero-order valence-corrected chi connectivity index (χ0v) is 19.6. The number of halogens is 1. The number of rotatable bonds is 8. The number of amides is 1. The molecule has 1 fully saturated rings. The highest BCUT2D eigenvalue weighted by Gasteiger charge is 2.26. The van der Waals surface area contributed by atoms with E-state index in [1.807, 2.05) is 18.2 Å². The second kappa shape index (κ2) is 10.8. The second-order valence-corrected chi connectivity index (χ2v) is 9.47. The maximum Gasteiger partial charge on any atom is 0.223 e. The minimum absolute atomic E-state index is 0.284. The van der Waals surface area contributed by atoms with Crippen molar-refractivity contribution in [3.8, 4) is 0 Å². The largest absolute Gasteiger partial charge is 0.345 e. The van der Waals surface area contributed by atoms with E-state index in [1.54, 1.807) is 0 Å². The maximum atomic E-state index is 13.4. The number of aromatic nitrogens is 1. The van der Waals surface area contributed by atoms with Gasteiger partial charge in [0.05, 0.1) is 6.54 Å². The smallest absolute Gasteiger partial charge is 0.223 e. The van der Waals surface area contributed by atoms with Gasteiger partial charge in [-0.3, -0.25) is 4.79 Å². The van der Waals surface area contributed by atoms with E-state index in [9.17, 15) is 4.79 Å². The number of nitrogens with zero attached hydrogens (tertiary/aromatic N) is 2. The highest BCUT2D eigenvalue weighted by atomic mass is 79.9. The standard InChI is InChI=1S/C27H31BrN2O/c28-24-16-13-23(14-17-24)20-29-19-7-12-26(29)21-30(25-10-5-2-6-11-25)27(31)18-15-22-8-3-1-4-9-22/h1,3-4,7-9,12-14,16-17,19,25H,2,5-6,10-11,15,18,20-21H2. The van der Waals surface area contributed by atoms with Crippen molar-refractivity contribution in [2.45, 2.75) is 64.1 Å². The van der Waals surface area contributed by atoms with E-state index in [4.69, 9.17) is 0 Å². The van der Waals surface area contributed by atoms with Crippen LogP contribution in [0, 0.1) is 0 Å². The molecule has 2 aromatic carbocycles. The Morgan fingerprint density at radius 1 is 0.903 bits per heavy atom. The Kier molecular flexibility index (Phi) is 7.63. The van der Waals surface area contributed by atoms with Gasteiger partial charge in [0.15, 0.2) is 0 Å². The molecule has 1 aromatic heterocycles. The van der Waals surface area contributed by atoms with Crippen molar-refractivity contribution in [2.75, 3.05) is 0 Å². The first-order valence-electron chi connectivity index (χ1n) is 11.4. The number of carbonyl (C=O) groups excluding carboxylic acids is 1. The molecule has 3 nitrogen and oxygen atoms in total. The van der Waals surface area contributed by atoms with Gasteiger partial charge in [0.2, 0.25) is 5.91 Å². The molecule has 0 radical (unpaired) electrons. The Morgan fingerprint density at radius 2 is 1.65 bits per heavy atom. The van der Waals surface area contributed by atoms with Crippen LogP contribution in [0.1, 0.15) is 55.3 Å². The number of carbonyl (C=O) groups is 1. The molecule has 1 aliphatic carbocycles. The molecule has 1 saturated carbocycles. The Labute approximate surface area is 194 Å². The Balaban J connectivity index is 1.47. The average Bonchev–Trinajstić information content (AvgIpc) is 3.25. The zero-order chi connectivity index (χ0) is 21.5. The van der Waals surface area contributed by atoms with E-state index in [2.05, 4.69) is 80.1 Å². The molecule has 0 bridgehead atoms. The minimum atomic E-state index is 0.284. The summed E-state index contributed by atoms with van der Waals surface area (Å²) in [6.07, 6.45) is 9.53. The minimum Gasteiger partial charge on any atom is -0.345 e. The maximum absolute atomic E-state index is 13.4. The van der Waals surface area contributed by atoms with Gasteiger partial charge in [0.25, 0.3) is 0 Å². The predicted octanol–water partition coefficient (Wildman–Crippen LogP) is 6.59. The van der Waals surface area contributed by atoms with E-state index in [-0.39, 0.29) is 5.91 Å². The fraction of sp³-hybridized carbons (Fsp3) is 0.370. The first-order chi connectivity index (χ1) is 15.2. The number of aryl methyl sites for hydroxylation is 1. The van der Waals surface area contributed by atoms with Crippen LogP contribution >= 0.6 is 15.9 Å². The molecule has 1 heterocycles. The van der Waals surface area contributed by atoms with Crippen molar-refractivity contribution in [1.29, 1.82) is 0 Å². The second-order valence-electron chi connectivity index (χ2n) is 8.55. The van der Waals surface area contributed by atoms with Crippen molar-refractivity contribution < 1.29 is 4.79 Å². The lowest BCUT2D eigenvalue weighted by Gasteiger charge is -2.35. The lowest BCUT2D eigenvalue weighted by Crippen LogP contribution is -2.41. The van der Waals surface area contributed by atoms with Crippen molar-refractivity contribution in [2.24, 2.45) is 0 Å². The summed E-state index contributed by atoms with van der Waals surface area (Å²) in [5.74, 6) is 0.284. The fourth-order valence-corrected chi connectivity index (χ4v) is 4.83. The van der Waals surface area contributed by atoms with E-state index in [1.165, 1.54) is 36.1 Å². The first-order valence-corrected chi connectivity index (χ1v) is 12.2. The summed E-state index contributed by atoms with van der Waals surface area (Å²) >= 11 is 3.51. The molecule has 3 aromatic rings. The highest BCUT2D eigenvalue weighted by molar-refractivity contribution is 9.10. The molecule has 1 aliphatic rings. The number of hydrogen-bond donors (Lipinski definition) is 0. The molecule has 0 spiro atoms. The quantitative estimate of drug-likeness (QED) is 0.358. The van der Waals surface area contributed by atoms with Gasteiger partial charge in [-0.05, 0) is 54.7 Å². The summed E-state index contributed by atoms with van der Waals surface area (Å²) < 4.78 is 3.38. The average molecular weight is 479 g/mol. The van der Waals surface area contributed by atoms with Crippen molar-refractivity contribution >= 4 is 21.8 Å². The first kappa shape index (κ1) is 21.9. The molecule has 0 atom stereocenters. The van der Waals surface area contributed by atoms with Crippen LogP contribution in [0.25, 0.3) is 0 Å². The number of hydrogen-bond acceptors (Lipinski definition) is 1. The van der Waals surface area contributed by atoms with Gasteiger partial charge < -0.3 is 9.47 Å². The Morgan fingerprint density at radius 3 is 2.39 bits per heavy atom. The molecule has 1 amide bonds. The summed E-state index contributed by atoms with van der Waals surface area (Å²) in [5.41, 5.74) is 3.71. The van der Waals surface area contributed by atoms with Crippen molar-refractivity contribution in [3.05, 3.63) is 94.2 Å². The molecule has 0 aliphatic heterocycles. The number of benzene rings is 2. The third kappa shape index (κ3) is 6.10. The van der Waals surface area contributed by atoms with Crippen LogP contribution in [-0.2, 0) is 24.3 Å². The topological polar surface area (TPSA) is 25.2 Å². The van der Waals surface area contributed by atoms with E-state index >= 15 is 0 Å². The molecule has 31 heavy (non-hydrogen) atoms. The van der Waals surface area contributed by atoms with Gasteiger partial charge in [0.1, 0.15) is 0 Å². The summed E-state index contributed by atoms with van der Waals surface area (Å²) in [6.45, 7) is 1.52. The molecule has 0 N–H and O–H groups in total. The van der Waals surface area contributed by atoms with E-state index < -0.39 is 0 Å². The molecule has 0 saturated heterocycles. The van der Waals surface area contributed by atoms with Gasteiger partial charge in [-0.25, -0.2) is 0 Å². The van der Waals surface area contributed by atoms with Crippen molar-refractivity contribution in [3.63, 3.8) is 0 Å². The van der Waals surface area contributed by atoms with E-state index in [0.29, 0.717) is 19.0 Å². The van der Waals surface area contributed by atoms with Crippen LogP contribution in [-0.4, -0.2) is 21.4 Å². The van der Waals surface area contributed by atoms with Crippen LogP contribution in [0.4, 0.5) is 0 Å². The van der Waals surface area contributed by atoms with Gasteiger partial charge in [-0.2, -0.15) is 0 Å². The molecule has 162 valence electrons. The lowest BCUT2D eigenvalue weighted by molar-refractivity contribution is -0.135. The SMILES string of the molecule is O=C(CCc1ccccc1)N(Cc1cccn1Cc1ccc(Br)cc1)C1CCCCC1. The van der Waals surface area contributed by atoms with Crippen LogP contribution in [0.15, 0.2) is 77.4 Å². The summed E-state index contributed by atoms with van der Waals surface area (Å²) in [5, 5.41) is 0. The molecule has 4 rings (SSSR count). The Bertz CT molecular complexity index is 958. The van der Waals surface area contributed by atoms with Gasteiger partial charge in [-0.15, -0.1) is 0 Å². The van der Waals surface area contributed by atoms with Gasteiger partial charge >= 0.3 is 0 Å². The van der Waals surface area contributed by atoms with E-state index in [0.717, 1.165) is 30.3 Å². The summed E-state index contributed by atoms with van der Waals surface area (Å²) in [4.78, 5) is 15.5. The van der Waals surface area contributed by atoms with Crippen LogP contribution in [0.5, 0.6) is 0 Å². The van der Waals surface area contributed by atoms with Crippen molar-refractivity contribution in [1.82, 2.24) is 9.47 Å². The molecule has 4 heteroatoms. The summed E-state index contributed by atoms with van der Waals surface area (Å²) in [6, 6.07) is 23.5. The highest BCUT2D eigenvalue weighted by Crippen LogP contribution is 2.25. The predicted molar refractivity (Wildman–Crippen MR) is 130 cm³/mol. The molecular formula is C27H31BrN2O. The Hall–Kier alpha value is -2.33. The lowest BCUT2D eigenvalue weighted by atomic mass is 9.93. The third-order valence-corrected chi connectivity index (χ3v) is 6.86. The van der Waals surface area contributed by atoms with Crippen LogP contribution in [0.2, 0.25) is 0 Å². The van der Waals surface area contributed by atoms with Gasteiger partial charge in [-0.1, -0.05) is 77.7 Å². The van der Waals surface area contributed by atoms with Gasteiger partial charge in [0, 0.05) is 35.4 Å². The fourth-order valence-electron chi connectivity index (χ4n) is 4.56. The van der Waals surface area contributed by atoms with Crippen LogP contribution in [0.3, 0.4) is 0 Å². The zero-order valence-electron chi connectivity index (χ0n) is 18.1. The third-order valence-electron chi connectivity index (χ3n) is 6.33. The monoisotopic (exact) mass is 478 g/mol. The summed E-state index contributed by atoms with van der Waals surface area (Å²) in [7, 11) is 0. The molecular weight excluding hydrogens is 448 g/mol.